The van der Waals surface area contributed by atoms with Gasteiger partial charge in [0.15, 0.2) is 0 Å². The fraction of sp³-hybridized carbons (Fsp3) is 0.0500. The highest BCUT2D eigenvalue weighted by molar-refractivity contribution is 8.00. The fourth-order valence-electron chi connectivity index (χ4n) is 6.78. The summed E-state index contributed by atoms with van der Waals surface area (Å²) < 4.78 is 0. The fourth-order valence-corrected chi connectivity index (χ4v) is 8.26. The second kappa shape index (κ2) is 9.79. The van der Waals surface area contributed by atoms with Gasteiger partial charge in [-0.1, -0.05) is 127 Å². The van der Waals surface area contributed by atoms with Crippen molar-refractivity contribution in [3.8, 4) is 33.5 Å². The van der Waals surface area contributed by atoms with Crippen LogP contribution in [0.4, 0.5) is 0 Å². The molecule has 0 N–H and O–H groups in total. The quantitative estimate of drug-likeness (QED) is 0.199. The summed E-state index contributed by atoms with van der Waals surface area (Å²) in [6.45, 7) is 0. The molecule has 0 radical (unpaired) electrons. The predicted octanol–water partition coefficient (Wildman–Crippen LogP) is 10.6. The molecule has 0 saturated carbocycles. The summed E-state index contributed by atoms with van der Waals surface area (Å²) in [7, 11) is 0. The third-order valence-corrected chi connectivity index (χ3v) is 10.2. The van der Waals surface area contributed by atoms with Gasteiger partial charge in [-0.2, -0.15) is 0 Å². The molecule has 1 aromatic heterocycles. The van der Waals surface area contributed by atoms with E-state index in [9.17, 15) is 0 Å². The number of allylic oxidation sites excluding steroid dienone is 3. The van der Waals surface area contributed by atoms with Gasteiger partial charge in [-0.3, -0.25) is 4.98 Å². The van der Waals surface area contributed by atoms with E-state index in [1.54, 1.807) is 0 Å². The summed E-state index contributed by atoms with van der Waals surface area (Å²) in [6, 6.07) is 41.4. The van der Waals surface area contributed by atoms with Crippen molar-refractivity contribution in [3.05, 3.63) is 151 Å². The molecule has 2 aliphatic rings. The first-order chi connectivity index (χ1) is 21.3. The Bertz CT molecular complexity index is 2260. The minimum absolute atomic E-state index is 0.461. The zero-order chi connectivity index (χ0) is 28.3. The van der Waals surface area contributed by atoms with Crippen LogP contribution in [0, 0.1) is 0 Å². The van der Waals surface area contributed by atoms with Gasteiger partial charge in [-0.25, -0.2) is 4.98 Å². The molecule has 0 spiro atoms. The van der Waals surface area contributed by atoms with E-state index >= 15 is 0 Å². The number of hydrogen-bond donors (Lipinski definition) is 0. The van der Waals surface area contributed by atoms with Gasteiger partial charge < -0.3 is 0 Å². The van der Waals surface area contributed by atoms with Crippen molar-refractivity contribution in [3.63, 3.8) is 0 Å². The first-order valence-corrected chi connectivity index (χ1v) is 15.6. The molecular weight excluding hydrogens is 541 g/mol. The van der Waals surface area contributed by atoms with Gasteiger partial charge in [0.05, 0.1) is 22.9 Å². The Kier molecular flexibility index (Phi) is 5.60. The van der Waals surface area contributed by atoms with E-state index in [4.69, 9.17) is 9.97 Å². The molecule has 6 aromatic carbocycles. The van der Waals surface area contributed by atoms with Crippen LogP contribution in [0.2, 0.25) is 0 Å². The van der Waals surface area contributed by atoms with Crippen molar-refractivity contribution in [2.24, 2.45) is 0 Å². The Labute approximate surface area is 254 Å². The number of benzene rings is 6. The highest BCUT2D eigenvalue weighted by Crippen LogP contribution is 2.51. The summed E-state index contributed by atoms with van der Waals surface area (Å²) in [6.07, 6.45) is 11.0. The summed E-state index contributed by atoms with van der Waals surface area (Å²) in [5.41, 5.74) is 10.2. The highest BCUT2D eigenvalue weighted by Gasteiger charge is 2.32. The van der Waals surface area contributed by atoms with Gasteiger partial charge in [-0.15, -0.1) is 11.8 Å². The summed E-state index contributed by atoms with van der Waals surface area (Å²) in [4.78, 5) is 11.6. The van der Waals surface area contributed by atoms with Crippen LogP contribution in [0.15, 0.2) is 151 Å². The predicted molar refractivity (Wildman–Crippen MR) is 182 cm³/mol. The molecule has 7 aromatic rings. The SMILES string of the molecule is C1=CC2Sc3c(-c4cccc(-c5cccc(-c6cnc7c8ccccc8c8ccccc8c7n6)c5)c4)cccc3[C@@H]2C=C1. The van der Waals surface area contributed by atoms with Crippen molar-refractivity contribution < 1.29 is 0 Å². The van der Waals surface area contributed by atoms with E-state index in [-0.39, 0.29) is 0 Å². The lowest BCUT2D eigenvalue weighted by Crippen LogP contribution is -2.06. The largest absolute Gasteiger partial charge is 0.252 e. The molecule has 9 rings (SSSR count). The number of thioether (sulfide) groups is 1. The first kappa shape index (κ1) is 24.6. The van der Waals surface area contributed by atoms with Gasteiger partial charge in [0, 0.05) is 32.4 Å². The number of rotatable bonds is 3. The van der Waals surface area contributed by atoms with Crippen LogP contribution in [0.1, 0.15) is 11.5 Å². The molecule has 2 nitrogen and oxygen atoms in total. The monoisotopic (exact) mass is 566 g/mol. The normalized spacial score (nSPS) is 17.0. The van der Waals surface area contributed by atoms with Crippen LogP contribution in [-0.2, 0) is 0 Å². The van der Waals surface area contributed by atoms with Gasteiger partial charge in [-0.05, 0) is 50.7 Å². The van der Waals surface area contributed by atoms with Crippen LogP contribution in [0.25, 0.3) is 66.1 Å². The minimum atomic E-state index is 0.461. The maximum absolute atomic E-state index is 5.22. The van der Waals surface area contributed by atoms with Gasteiger partial charge in [0.2, 0.25) is 0 Å². The molecule has 2 heterocycles. The average Bonchev–Trinajstić information content (AvgIpc) is 3.47. The van der Waals surface area contributed by atoms with Crippen molar-refractivity contribution >= 4 is 44.3 Å². The topological polar surface area (TPSA) is 25.8 Å². The van der Waals surface area contributed by atoms with Gasteiger partial charge >= 0.3 is 0 Å². The molecule has 3 heteroatoms. The first-order valence-electron chi connectivity index (χ1n) is 14.7. The molecular formula is C40H26N2S. The lowest BCUT2D eigenvalue weighted by Gasteiger charge is -2.14. The van der Waals surface area contributed by atoms with E-state index in [1.807, 2.05) is 18.0 Å². The van der Waals surface area contributed by atoms with Gasteiger partial charge in [0.1, 0.15) is 0 Å². The minimum Gasteiger partial charge on any atom is -0.252 e. The Morgan fingerprint density at radius 3 is 1.95 bits per heavy atom. The Balaban J connectivity index is 1.13. The van der Waals surface area contributed by atoms with E-state index in [1.165, 1.54) is 43.5 Å². The Morgan fingerprint density at radius 2 is 1.16 bits per heavy atom. The third kappa shape index (κ3) is 3.96. The Morgan fingerprint density at radius 1 is 0.535 bits per heavy atom. The van der Waals surface area contributed by atoms with Crippen molar-refractivity contribution in [1.82, 2.24) is 9.97 Å². The number of fused-ring (bicyclic) bond motifs is 9. The van der Waals surface area contributed by atoms with Crippen LogP contribution < -0.4 is 0 Å². The molecule has 0 amide bonds. The van der Waals surface area contributed by atoms with E-state index < -0.39 is 0 Å². The van der Waals surface area contributed by atoms with Crippen LogP contribution in [-0.4, -0.2) is 15.2 Å². The van der Waals surface area contributed by atoms with Crippen molar-refractivity contribution in [2.75, 3.05) is 0 Å². The van der Waals surface area contributed by atoms with Crippen LogP contribution in [0.3, 0.4) is 0 Å². The molecule has 1 unspecified atom stereocenters. The maximum atomic E-state index is 5.22. The van der Waals surface area contributed by atoms with Crippen molar-refractivity contribution in [2.45, 2.75) is 16.1 Å². The second-order valence-corrected chi connectivity index (χ2v) is 12.5. The molecule has 43 heavy (non-hydrogen) atoms. The van der Waals surface area contributed by atoms with Gasteiger partial charge in [0.25, 0.3) is 0 Å². The molecule has 202 valence electrons. The Hall–Kier alpha value is -4.99. The lowest BCUT2D eigenvalue weighted by molar-refractivity contribution is 0.881. The molecule has 1 aliphatic heterocycles. The third-order valence-electron chi connectivity index (χ3n) is 8.84. The zero-order valence-corrected chi connectivity index (χ0v) is 24.1. The summed E-state index contributed by atoms with van der Waals surface area (Å²) in [5.74, 6) is 0.461. The van der Waals surface area contributed by atoms with E-state index in [0.29, 0.717) is 11.2 Å². The lowest BCUT2D eigenvalue weighted by atomic mass is 9.90. The number of hydrogen-bond acceptors (Lipinski definition) is 3. The zero-order valence-electron chi connectivity index (χ0n) is 23.3. The standard InChI is InChI=1S/C40H26N2S/c1-3-17-33-30(14-1)31-15-2-4-18-34(31)39-38(33)41-24-36(42-39)28-13-8-11-26(23-28)25-10-7-12-27(22-25)29-19-9-20-35-32-16-5-6-21-37(32)43-40(29)35/h1-24,32,37H/t32-,37?/m0/s1. The van der Waals surface area contributed by atoms with E-state index in [2.05, 4.69) is 140 Å². The smallest absolute Gasteiger partial charge is 0.0979 e. The second-order valence-electron chi connectivity index (χ2n) is 11.3. The van der Waals surface area contributed by atoms with Crippen LogP contribution in [0.5, 0.6) is 0 Å². The number of aromatic nitrogens is 2. The molecule has 0 saturated heterocycles. The maximum Gasteiger partial charge on any atom is 0.0979 e. The van der Waals surface area contributed by atoms with Crippen LogP contribution >= 0.6 is 11.8 Å². The van der Waals surface area contributed by atoms with Crippen molar-refractivity contribution in [1.29, 1.82) is 0 Å². The summed E-state index contributed by atoms with van der Waals surface area (Å²) >= 11 is 1.99. The van der Waals surface area contributed by atoms with E-state index in [0.717, 1.165) is 33.1 Å². The number of nitrogens with zero attached hydrogens (tertiary/aromatic N) is 2. The molecule has 2 atom stereocenters. The highest BCUT2D eigenvalue weighted by atomic mass is 32.2. The molecule has 0 fully saturated rings. The molecule has 0 bridgehead atoms. The molecule has 1 aliphatic carbocycles. The average molecular weight is 567 g/mol. The summed E-state index contributed by atoms with van der Waals surface area (Å²) in [5, 5.41) is 5.17.